The van der Waals surface area contributed by atoms with Crippen LogP contribution in [0.3, 0.4) is 0 Å². The third-order valence-electron chi connectivity index (χ3n) is 6.40. The van der Waals surface area contributed by atoms with Crippen LogP contribution in [0.1, 0.15) is 35.7 Å². The number of nitrogens with zero attached hydrogens (tertiary/aromatic N) is 2. The van der Waals surface area contributed by atoms with Crippen molar-refractivity contribution in [2.45, 2.75) is 25.0 Å². The number of carbonyl (C=O) groups is 2. The first-order chi connectivity index (χ1) is 19.1. The standard InChI is InChI=1S/C30H28N4O4S/c1-2-37-28(36)26(34-38-25-18-19-31-27(25)35)24-20-39-29(32-24)33-30(21-12-6-3-7-13-21,22-14-8-4-9-15-22)23-16-10-5-11-17-23/h3-17,20,25H,2,18-19H2,1H3,(H,31,35)(H,32,33)/b34-26+. The highest BCUT2D eigenvalue weighted by Gasteiger charge is 2.37. The molecule has 5 rings (SSSR count). The lowest BCUT2D eigenvalue weighted by molar-refractivity contribution is -0.136. The number of oxime groups is 1. The summed E-state index contributed by atoms with van der Waals surface area (Å²) < 4.78 is 5.21. The number of amides is 1. The van der Waals surface area contributed by atoms with Gasteiger partial charge >= 0.3 is 5.97 Å². The van der Waals surface area contributed by atoms with Crippen LogP contribution in [0.2, 0.25) is 0 Å². The van der Waals surface area contributed by atoms with Crippen LogP contribution in [0.4, 0.5) is 5.13 Å². The van der Waals surface area contributed by atoms with E-state index in [0.29, 0.717) is 23.8 Å². The van der Waals surface area contributed by atoms with Crippen molar-refractivity contribution >= 4 is 34.1 Å². The number of hydrogen-bond donors (Lipinski definition) is 2. The van der Waals surface area contributed by atoms with Crippen LogP contribution in [0.5, 0.6) is 0 Å². The second-order valence-corrected chi connectivity index (χ2v) is 9.70. The maximum Gasteiger partial charge on any atom is 0.362 e. The maximum absolute atomic E-state index is 12.8. The van der Waals surface area contributed by atoms with E-state index in [-0.39, 0.29) is 18.2 Å². The maximum atomic E-state index is 12.8. The first kappa shape index (κ1) is 26.1. The summed E-state index contributed by atoms with van der Waals surface area (Å²) in [5.74, 6) is -0.936. The second-order valence-electron chi connectivity index (χ2n) is 8.85. The van der Waals surface area contributed by atoms with Gasteiger partial charge in [-0.15, -0.1) is 11.3 Å². The van der Waals surface area contributed by atoms with Crippen LogP contribution in [-0.4, -0.2) is 41.8 Å². The smallest absolute Gasteiger partial charge is 0.362 e. The zero-order chi connectivity index (χ0) is 27.1. The van der Waals surface area contributed by atoms with Crippen LogP contribution in [0.15, 0.2) is 102 Å². The van der Waals surface area contributed by atoms with Crippen molar-refractivity contribution in [2.75, 3.05) is 18.5 Å². The summed E-state index contributed by atoms with van der Waals surface area (Å²) in [5.41, 5.74) is 2.49. The van der Waals surface area contributed by atoms with E-state index in [1.807, 2.05) is 54.6 Å². The van der Waals surface area contributed by atoms with Gasteiger partial charge in [-0.2, -0.15) is 0 Å². The molecule has 4 aromatic rings. The molecule has 2 heterocycles. The topological polar surface area (TPSA) is 102 Å². The monoisotopic (exact) mass is 540 g/mol. The number of nitrogens with one attached hydrogen (secondary N) is 2. The Labute approximate surface area is 230 Å². The molecule has 1 aliphatic rings. The first-order valence-corrected chi connectivity index (χ1v) is 13.6. The summed E-state index contributed by atoms with van der Waals surface area (Å²) in [6.45, 7) is 2.37. The van der Waals surface area contributed by atoms with Gasteiger partial charge in [-0.25, -0.2) is 9.78 Å². The highest BCUT2D eigenvalue weighted by Crippen LogP contribution is 2.40. The number of anilines is 1. The molecular formula is C30H28N4O4S. The fraction of sp³-hybridized carbons (Fsp3) is 0.200. The predicted octanol–water partition coefficient (Wildman–Crippen LogP) is 4.72. The molecule has 0 radical (unpaired) electrons. The SMILES string of the molecule is CCOC(=O)/C(=N/OC1CCNC1=O)c1csc(NC(c2ccccc2)(c2ccccc2)c2ccccc2)n1. The van der Waals surface area contributed by atoms with Crippen molar-refractivity contribution in [3.8, 4) is 0 Å². The van der Waals surface area contributed by atoms with Gasteiger partial charge in [-0.3, -0.25) is 4.79 Å². The van der Waals surface area contributed by atoms with Gasteiger partial charge in [0.15, 0.2) is 5.13 Å². The minimum absolute atomic E-state index is 0.0921. The lowest BCUT2D eigenvalue weighted by atomic mass is 9.77. The van der Waals surface area contributed by atoms with Crippen LogP contribution >= 0.6 is 11.3 Å². The molecule has 1 atom stereocenters. The van der Waals surface area contributed by atoms with Gasteiger partial charge in [0.1, 0.15) is 11.2 Å². The van der Waals surface area contributed by atoms with Gasteiger partial charge < -0.3 is 20.2 Å². The number of rotatable bonds is 10. The van der Waals surface area contributed by atoms with E-state index in [2.05, 4.69) is 52.2 Å². The highest BCUT2D eigenvalue weighted by atomic mass is 32.1. The highest BCUT2D eigenvalue weighted by molar-refractivity contribution is 7.14. The predicted molar refractivity (Wildman–Crippen MR) is 151 cm³/mol. The minimum atomic E-state index is -0.779. The number of benzene rings is 3. The molecule has 1 amide bonds. The van der Waals surface area contributed by atoms with Crippen molar-refractivity contribution in [3.63, 3.8) is 0 Å². The molecule has 0 aliphatic carbocycles. The summed E-state index contributed by atoms with van der Waals surface area (Å²) in [7, 11) is 0. The Balaban J connectivity index is 1.57. The molecule has 39 heavy (non-hydrogen) atoms. The Hall–Kier alpha value is -4.50. The molecule has 198 valence electrons. The van der Waals surface area contributed by atoms with Crippen LogP contribution in [-0.2, 0) is 24.7 Å². The molecule has 0 spiro atoms. The quantitative estimate of drug-likeness (QED) is 0.131. The van der Waals surface area contributed by atoms with E-state index in [0.717, 1.165) is 16.7 Å². The van der Waals surface area contributed by atoms with Gasteiger partial charge in [0.25, 0.3) is 5.91 Å². The molecule has 1 saturated heterocycles. The Morgan fingerprint density at radius 3 is 2.05 bits per heavy atom. The average Bonchev–Trinajstić information content (AvgIpc) is 3.62. The van der Waals surface area contributed by atoms with E-state index in [4.69, 9.17) is 14.6 Å². The molecular weight excluding hydrogens is 512 g/mol. The number of esters is 1. The Kier molecular flexibility index (Phi) is 7.98. The zero-order valence-corrected chi connectivity index (χ0v) is 22.2. The largest absolute Gasteiger partial charge is 0.461 e. The number of thiazole rings is 1. The van der Waals surface area contributed by atoms with E-state index < -0.39 is 17.6 Å². The summed E-state index contributed by atoms with van der Waals surface area (Å²) in [6.07, 6.45) is -0.289. The van der Waals surface area contributed by atoms with Crippen LogP contribution in [0.25, 0.3) is 0 Å². The molecule has 1 aliphatic heterocycles. The molecule has 2 N–H and O–H groups in total. The van der Waals surface area contributed by atoms with Crippen LogP contribution in [0, 0.1) is 0 Å². The van der Waals surface area contributed by atoms with Crippen molar-refractivity contribution < 1.29 is 19.2 Å². The van der Waals surface area contributed by atoms with E-state index in [1.165, 1.54) is 11.3 Å². The molecule has 0 saturated carbocycles. The fourth-order valence-electron chi connectivity index (χ4n) is 4.56. The third-order valence-corrected chi connectivity index (χ3v) is 7.16. The number of aromatic nitrogens is 1. The van der Waals surface area contributed by atoms with Gasteiger partial charge in [-0.05, 0) is 23.6 Å². The molecule has 0 bridgehead atoms. The number of hydrogen-bond acceptors (Lipinski definition) is 8. The minimum Gasteiger partial charge on any atom is -0.461 e. The number of carbonyl (C=O) groups excluding carboxylic acids is 2. The van der Waals surface area contributed by atoms with Gasteiger partial charge in [0.2, 0.25) is 11.8 Å². The van der Waals surface area contributed by atoms with Gasteiger partial charge in [0, 0.05) is 18.3 Å². The van der Waals surface area contributed by atoms with E-state index >= 15 is 0 Å². The summed E-state index contributed by atoms with van der Waals surface area (Å²) in [4.78, 5) is 34.9. The summed E-state index contributed by atoms with van der Waals surface area (Å²) in [5, 5.41) is 12.7. The molecule has 1 unspecified atom stereocenters. The van der Waals surface area contributed by atoms with Crippen LogP contribution < -0.4 is 10.6 Å². The second kappa shape index (κ2) is 11.9. The fourth-order valence-corrected chi connectivity index (χ4v) is 5.31. The molecule has 9 heteroatoms. The lowest BCUT2D eigenvalue weighted by Gasteiger charge is -2.36. The van der Waals surface area contributed by atoms with E-state index in [1.54, 1.807) is 12.3 Å². The number of ether oxygens (including phenoxy) is 1. The van der Waals surface area contributed by atoms with Gasteiger partial charge in [-0.1, -0.05) is 96.2 Å². The van der Waals surface area contributed by atoms with Crippen molar-refractivity contribution in [1.29, 1.82) is 0 Å². The Morgan fingerprint density at radius 1 is 1.00 bits per heavy atom. The summed E-state index contributed by atoms with van der Waals surface area (Å²) >= 11 is 1.34. The molecule has 3 aromatic carbocycles. The average molecular weight is 541 g/mol. The molecule has 1 aromatic heterocycles. The van der Waals surface area contributed by atoms with Gasteiger partial charge in [0.05, 0.1) is 6.61 Å². The van der Waals surface area contributed by atoms with Crippen molar-refractivity contribution in [1.82, 2.24) is 10.3 Å². The third kappa shape index (κ3) is 5.53. The lowest BCUT2D eigenvalue weighted by Crippen LogP contribution is -2.38. The van der Waals surface area contributed by atoms with Crippen molar-refractivity contribution in [3.05, 3.63) is 119 Å². The summed E-state index contributed by atoms with van der Waals surface area (Å²) in [6, 6.07) is 30.5. The normalized spacial score (nSPS) is 15.5. The Morgan fingerprint density at radius 2 is 1.56 bits per heavy atom. The van der Waals surface area contributed by atoms with Crippen molar-refractivity contribution in [2.24, 2.45) is 5.16 Å². The zero-order valence-electron chi connectivity index (χ0n) is 21.4. The first-order valence-electron chi connectivity index (χ1n) is 12.7. The van der Waals surface area contributed by atoms with E-state index in [9.17, 15) is 9.59 Å². The molecule has 1 fully saturated rings. The Bertz CT molecular complexity index is 1340. The molecule has 8 nitrogen and oxygen atoms in total.